The van der Waals surface area contributed by atoms with Gasteiger partial charge in [-0.2, -0.15) is 0 Å². The second-order valence-corrected chi connectivity index (χ2v) is 7.60. The number of fused-ring (bicyclic) bond motifs is 1. The molecule has 0 aliphatic rings. The van der Waals surface area contributed by atoms with Gasteiger partial charge in [0.15, 0.2) is 5.16 Å². The second-order valence-electron chi connectivity index (χ2n) is 5.72. The molecule has 0 unspecified atom stereocenters. The van der Waals surface area contributed by atoms with Crippen LogP contribution in [0, 0.1) is 0 Å². The van der Waals surface area contributed by atoms with Crippen molar-refractivity contribution in [2.45, 2.75) is 50.6 Å². The highest BCUT2D eigenvalue weighted by Crippen LogP contribution is 2.26. The Hall–Kier alpha value is -1.66. The van der Waals surface area contributed by atoms with E-state index in [4.69, 9.17) is 4.98 Å². The average Bonchev–Trinajstić information content (AvgIpc) is 3.07. The van der Waals surface area contributed by atoms with Gasteiger partial charge in [-0.1, -0.05) is 37.7 Å². The number of hydrogen-bond donors (Lipinski definition) is 0. The summed E-state index contributed by atoms with van der Waals surface area (Å²) in [4.78, 5) is 22.3. The highest BCUT2D eigenvalue weighted by Gasteiger charge is 2.16. The SMILES string of the molecule is CCc1nc(CSc2nc3ccccc3c(=O)n2[C@@H](C)CC)cs1. The molecular weight excluding hydrogens is 338 g/mol. The van der Waals surface area contributed by atoms with E-state index in [1.807, 2.05) is 28.8 Å². The number of thiazole rings is 1. The summed E-state index contributed by atoms with van der Waals surface area (Å²) in [5.74, 6) is 0.734. The summed E-state index contributed by atoms with van der Waals surface area (Å²) in [6.07, 6.45) is 1.85. The van der Waals surface area contributed by atoms with Crippen molar-refractivity contribution in [2.75, 3.05) is 0 Å². The van der Waals surface area contributed by atoms with Gasteiger partial charge < -0.3 is 0 Å². The topological polar surface area (TPSA) is 47.8 Å². The van der Waals surface area contributed by atoms with E-state index in [2.05, 4.69) is 31.1 Å². The van der Waals surface area contributed by atoms with Gasteiger partial charge in [0.1, 0.15) is 0 Å². The van der Waals surface area contributed by atoms with Crippen LogP contribution in [0.3, 0.4) is 0 Å². The Morgan fingerprint density at radius 1 is 1.25 bits per heavy atom. The Kier molecular flexibility index (Phi) is 5.36. The molecule has 0 radical (unpaired) electrons. The first-order valence-electron chi connectivity index (χ1n) is 8.21. The van der Waals surface area contributed by atoms with Gasteiger partial charge in [0, 0.05) is 17.2 Å². The van der Waals surface area contributed by atoms with Crippen molar-refractivity contribution in [3.8, 4) is 0 Å². The molecule has 4 nitrogen and oxygen atoms in total. The fourth-order valence-electron chi connectivity index (χ4n) is 2.51. The molecule has 0 fully saturated rings. The Morgan fingerprint density at radius 3 is 2.75 bits per heavy atom. The summed E-state index contributed by atoms with van der Waals surface area (Å²) in [6, 6.07) is 7.69. The maximum absolute atomic E-state index is 12.9. The van der Waals surface area contributed by atoms with Gasteiger partial charge in [-0.05, 0) is 31.9 Å². The maximum Gasteiger partial charge on any atom is 0.262 e. The monoisotopic (exact) mass is 359 g/mol. The zero-order valence-electron chi connectivity index (χ0n) is 14.2. The Bertz CT molecular complexity index is 901. The zero-order chi connectivity index (χ0) is 17.1. The predicted octanol–water partition coefficient (Wildman–Crippen LogP) is 4.68. The molecule has 126 valence electrons. The molecule has 1 atom stereocenters. The standard InChI is InChI=1S/C18H21N3OS2/c1-4-12(3)21-17(22)14-8-6-7-9-15(14)20-18(21)24-11-13-10-23-16(5-2)19-13/h6-10,12H,4-5,11H2,1-3H3/t12-/m0/s1. The summed E-state index contributed by atoms with van der Waals surface area (Å²) < 4.78 is 1.83. The molecular formula is C18H21N3OS2. The van der Waals surface area contributed by atoms with Crippen LogP contribution in [0.5, 0.6) is 0 Å². The predicted molar refractivity (Wildman–Crippen MR) is 102 cm³/mol. The van der Waals surface area contributed by atoms with E-state index >= 15 is 0 Å². The van der Waals surface area contributed by atoms with Crippen molar-refractivity contribution < 1.29 is 0 Å². The summed E-state index contributed by atoms with van der Waals surface area (Å²) in [6.45, 7) is 6.27. The van der Waals surface area contributed by atoms with Crippen molar-refractivity contribution >= 4 is 34.0 Å². The van der Waals surface area contributed by atoms with Crippen LogP contribution >= 0.6 is 23.1 Å². The Labute approximate surface area is 150 Å². The summed E-state index contributed by atoms with van der Waals surface area (Å²) >= 11 is 3.28. The fraction of sp³-hybridized carbons (Fsp3) is 0.389. The Balaban J connectivity index is 1.99. The maximum atomic E-state index is 12.9. The van der Waals surface area contributed by atoms with Crippen molar-refractivity contribution in [3.05, 3.63) is 50.7 Å². The van der Waals surface area contributed by atoms with Gasteiger partial charge in [0.2, 0.25) is 0 Å². The van der Waals surface area contributed by atoms with E-state index in [0.29, 0.717) is 5.39 Å². The van der Waals surface area contributed by atoms with Crippen molar-refractivity contribution in [1.29, 1.82) is 0 Å². The quantitative estimate of drug-likeness (QED) is 0.474. The van der Waals surface area contributed by atoms with Crippen LogP contribution in [0.15, 0.2) is 39.6 Å². The minimum Gasteiger partial charge on any atom is -0.284 e. The number of hydrogen-bond acceptors (Lipinski definition) is 5. The molecule has 2 heterocycles. The van der Waals surface area contributed by atoms with Crippen LogP contribution in [0.2, 0.25) is 0 Å². The summed E-state index contributed by atoms with van der Waals surface area (Å²) in [5.41, 5.74) is 1.86. The number of aryl methyl sites for hydroxylation is 1. The lowest BCUT2D eigenvalue weighted by Crippen LogP contribution is -2.26. The molecule has 3 rings (SSSR count). The van der Waals surface area contributed by atoms with E-state index in [-0.39, 0.29) is 11.6 Å². The number of benzene rings is 1. The van der Waals surface area contributed by atoms with E-state index in [1.54, 1.807) is 23.1 Å². The smallest absolute Gasteiger partial charge is 0.262 e. The molecule has 0 bridgehead atoms. The fourth-order valence-corrected chi connectivity index (χ4v) is 4.35. The van der Waals surface area contributed by atoms with Crippen LogP contribution in [0.4, 0.5) is 0 Å². The minimum absolute atomic E-state index is 0.0463. The highest BCUT2D eigenvalue weighted by atomic mass is 32.2. The molecule has 0 aliphatic carbocycles. The molecule has 0 saturated carbocycles. The van der Waals surface area contributed by atoms with E-state index in [0.717, 1.165) is 40.0 Å². The van der Waals surface area contributed by atoms with Gasteiger partial charge >= 0.3 is 0 Å². The third kappa shape index (κ3) is 3.39. The molecule has 0 amide bonds. The van der Waals surface area contributed by atoms with Crippen LogP contribution in [0.1, 0.15) is 43.9 Å². The van der Waals surface area contributed by atoms with E-state index in [1.165, 1.54) is 0 Å². The number of thioether (sulfide) groups is 1. The lowest BCUT2D eigenvalue weighted by atomic mass is 10.2. The van der Waals surface area contributed by atoms with E-state index in [9.17, 15) is 4.79 Å². The number of rotatable bonds is 6. The zero-order valence-corrected chi connectivity index (χ0v) is 15.8. The molecule has 0 saturated heterocycles. The lowest BCUT2D eigenvalue weighted by molar-refractivity contribution is 0.468. The third-order valence-corrected chi connectivity index (χ3v) is 6.09. The van der Waals surface area contributed by atoms with Crippen molar-refractivity contribution in [2.24, 2.45) is 0 Å². The average molecular weight is 360 g/mol. The normalized spacial score (nSPS) is 12.6. The van der Waals surface area contributed by atoms with Gasteiger partial charge in [0.05, 0.1) is 21.6 Å². The van der Waals surface area contributed by atoms with Crippen molar-refractivity contribution in [1.82, 2.24) is 14.5 Å². The lowest BCUT2D eigenvalue weighted by Gasteiger charge is -2.18. The number of aromatic nitrogens is 3. The van der Waals surface area contributed by atoms with Crippen molar-refractivity contribution in [3.63, 3.8) is 0 Å². The third-order valence-electron chi connectivity index (χ3n) is 4.06. The molecule has 0 aliphatic heterocycles. The highest BCUT2D eigenvalue weighted by molar-refractivity contribution is 7.98. The van der Waals surface area contributed by atoms with Gasteiger partial charge in [-0.15, -0.1) is 11.3 Å². The first-order valence-corrected chi connectivity index (χ1v) is 10.1. The minimum atomic E-state index is 0.0463. The van der Waals surface area contributed by atoms with E-state index < -0.39 is 0 Å². The number of nitrogens with zero attached hydrogens (tertiary/aromatic N) is 3. The van der Waals surface area contributed by atoms with Crippen LogP contribution in [-0.4, -0.2) is 14.5 Å². The first-order chi connectivity index (χ1) is 11.6. The van der Waals surface area contributed by atoms with Crippen LogP contribution in [-0.2, 0) is 12.2 Å². The van der Waals surface area contributed by atoms with Gasteiger partial charge in [-0.25, -0.2) is 9.97 Å². The molecule has 2 aromatic heterocycles. The largest absolute Gasteiger partial charge is 0.284 e. The first kappa shape index (κ1) is 17.2. The molecule has 6 heteroatoms. The molecule has 0 spiro atoms. The number of para-hydroxylation sites is 1. The Morgan fingerprint density at radius 2 is 2.04 bits per heavy atom. The van der Waals surface area contributed by atoms with Crippen LogP contribution in [0.25, 0.3) is 10.9 Å². The molecule has 0 N–H and O–H groups in total. The molecule has 1 aromatic carbocycles. The second kappa shape index (κ2) is 7.49. The summed E-state index contributed by atoms with van der Waals surface area (Å²) in [7, 11) is 0. The molecule has 24 heavy (non-hydrogen) atoms. The van der Waals surface area contributed by atoms with Crippen LogP contribution < -0.4 is 5.56 Å². The van der Waals surface area contributed by atoms with Gasteiger partial charge in [0.25, 0.3) is 5.56 Å². The van der Waals surface area contributed by atoms with Gasteiger partial charge in [-0.3, -0.25) is 9.36 Å². The summed E-state index contributed by atoms with van der Waals surface area (Å²) in [5, 5.41) is 4.71. The molecule has 3 aromatic rings.